The molecule has 0 radical (unpaired) electrons. The Morgan fingerprint density at radius 2 is 2.24 bits per heavy atom. The SMILES string of the molecule is Cc1ccc(C(=O)NC(C)CCCCl)cc1O. The van der Waals surface area contributed by atoms with Crippen molar-refractivity contribution < 1.29 is 9.90 Å². The molecule has 1 aromatic carbocycles. The number of phenolic OH excluding ortho intramolecular Hbond substituents is 1. The number of phenols is 1. The number of amides is 1. The van der Waals surface area contributed by atoms with Crippen LogP contribution in [0.4, 0.5) is 0 Å². The molecule has 0 saturated heterocycles. The van der Waals surface area contributed by atoms with Crippen LogP contribution >= 0.6 is 11.6 Å². The van der Waals surface area contributed by atoms with Crippen molar-refractivity contribution in [2.45, 2.75) is 32.7 Å². The average Bonchev–Trinajstić information content (AvgIpc) is 2.30. The second kappa shape index (κ2) is 6.50. The third-order valence-electron chi connectivity index (χ3n) is 2.62. The summed E-state index contributed by atoms with van der Waals surface area (Å²) in [4.78, 5) is 11.8. The highest BCUT2D eigenvalue weighted by atomic mass is 35.5. The van der Waals surface area contributed by atoms with Crippen molar-refractivity contribution >= 4 is 17.5 Å². The maximum atomic E-state index is 11.8. The third-order valence-corrected chi connectivity index (χ3v) is 2.89. The molecule has 0 heterocycles. The van der Waals surface area contributed by atoms with Crippen LogP contribution in [0, 0.1) is 6.92 Å². The van der Waals surface area contributed by atoms with E-state index in [2.05, 4.69) is 5.32 Å². The van der Waals surface area contributed by atoms with Crippen LogP contribution in [0.15, 0.2) is 18.2 Å². The van der Waals surface area contributed by atoms with Crippen LogP contribution in [0.2, 0.25) is 0 Å². The minimum atomic E-state index is -0.164. The molecular formula is C13H18ClNO2. The molecule has 4 heteroatoms. The monoisotopic (exact) mass is 255 g/mol. The van der Waals surface area contributed by atoms with E-state index in [1.807, 2.05) is 6.92 Å². The van der Waals surface area contributed by atoms with Crippen LogP contribution in [-0.4, -0.2) is 22.9 Å². The van der Waals surface area contributed by atoms with Crippen molar-refractivity contribution in [1.29, 1.82) is 0 Å². The maximum Gasteiger partial charge on any atom is 0.251 e. The molecular weight excluding hydrogens is 238 g/mol. The first-order chi connectivity index (χ1) is 8.04. The van der Waals surface area contributed by atoms with Gasteiger partial charge in [0.05, 0.1) is 0 Å². The zero-order valence-electron chi connectivity index (χ0n) is 10.2. The fourth-order valence-corrected chi connectivity index (χ4v) is 1.67. The lowest BCUT2D eigenvalue weighted by atomic mass is 10.1. The van der Waals surface area contributed by atoms with Crippen LogP contribution in [0.5, 0.6) is 5.75 Å². The van der Waals surface area contributed by atoms with Gasteiger partial charge in [0.2, 0.25) is 0 Å². The summed E-state index contributed by atoms with van der Waals surface area (Å²) in [7, 11) is 0. The predicted molar refractivity (Wildman–Crippen MR) is 69.7 cm³/mol. The van der Waals surface area contributed by atoms with E-state index in [9.17, 15) is 9.90 Å². The Labute approximate surface area is 107 Å². The van der Waals surface area contributed by atoms with E-state index in [1.54, 1.807) is 19.1 Å². The van der Waals surface area contributed by atoms with Crippen LogP contribution in [0.1, 0.15) is 35.7 Å². The van der Waals surface area contributed by atoms with E-state index in [4.69, 9.17) is 11.6 Å². The van der Waals surface area contributed by atoms with E-state index in [-0.39, 0.29) is 17.7 Å². The predicted octanol–water partition coefficient (Wildman–Crippen LogP) is 2.84. The van der Waals surface area contributed by atoms with E-state index in [0.717, 1.165) is 18.4 Å². The number of halogens is 1. The molecule has 3 nitrogen and oxygen atoms in total. The minimum absolute atomic E-state index is 0.0877. The standard InChI is InChI=1S/C13H18ClNO2/c1-9-5-6-11(8-12(9)16)13(17)15-10(2)4-3-7-14/h5-6,8,10,16H,3-4,7H2,1-2H3,(H,15,17). The van der Waals surface area contributed by atoms with Gasteiger partial charge in [-0.3, -0.25) is 4.79 Å². The molecule has 2 N–H and O–H groups in total. The van der Waals surface area contributed by atoms with Gasteiger partial charge in [-0.05, 0) is 44.4 Å². The fourth-order valence-electron chi connectivity index (χ4n) is 1.51. The molecule has 0 saturated carbocycles. The molecule has 1 amide bonds. The van der Waals surface area contributed by atoms with Gasteiger partial charge >= 0.3 is 0 Å². The zero-order valence-corrected chi connectivity index (χ0v) is 10.9. The van der Waals surface area contributed by atoms with Gasteiger partial charge in [-0.1, -0.05) is 6.07 Å². The largest absolute Gasteiger partial charge is 0.508 e. The topological polar surface area (TPSA) is 49.3 Å². The number of carbonyl (C=O) groups excluding carboxylic acids is 1. The minimum Gasteiger partial charge on any atom is -0.508 e. The van der Waals surface area contributed by atoms with Crippen LogP contribution in [0.25, 0.3) is 0 Å². The Morgan fingerprint density at radius 1 is 1.53 bits per heavy atom. The maximum absolute atomic E-state index is 11.8. The summed E-state index contributed by atoms with van der Waals surface area (Å²) in [6.45, 7) is 3.73. The van der Waals surface area contributed by atoms with Crippen LogP contribution in [0.3, 0.4) is 0 Å². The lowest BCUT2D eigenvalue weighted by Gasteiger charge is -2.13. The van der Waals surface area contributed by atoms with Gasteiger partial charge in [0.1, 0.15) is 5.75 Å². The van der Waals surface area contributed by atoms with Gasteiger partial charge in [0, 0.05) is 17.5 Å². The number of aryl methyl sites for hydroxylation is 1. The lowest BCUT2D eigenvalue weighted by molar-refractivity contribution is 0.0938. The van der Waals surface area contributed by atoms with Gasteiger partial charge in [-0.2, -0.15) is 0 Å². The van der Waals surface area contributed by atoms with E-state index >= 15 is 0 Å². The first-order valence-corrected chi connectivity index (χ1v) is 6.24. The molecule has 1 atom stereocenters. The van der Waals surface area contributed by atoms with Gasteiger partial charge in [-0.25, -0.2) is 0 Å². The first kappa shape index (κ1) is 13.8. The zero-order chi connectivity index (χ0) is 12.8. The molecule has 0 aliphatic rings. The molecule has 0 aliphatic heterocycles. The van der Waals surface area contributed by atoms with E-state index in [0.29, 0.717) is 11.4 Å². The molecule has 1 rings (SSSR count). The highest BCUT2D eigenvalue weighted by Gasteiger charge is 2.10. The lowest BCUT2D eigenvalue weighted by Crippen LogP contribution is -2.32. The second-order valence-corrected chi connectivity index (χ2v) is 4.58. The second-order valence-electron chi connectivity index (χ2n) is 4.21. The first-order valence-electron chi connectivity index (χ1n) is 5.71. The summed E-state index contributed by atoms with van der Waals surface area (Å²) >= 11 is 5.59. The number of aromatic hydroxyl groups is 1. The summed E-state index contributed by atoms with van der Waals surface area (Å²) in [5, 5.41) is 12.4. The molecule has 0 fully saturated rings. The van der Waals surface area contributed by atoms with Gasteiger partial charge in [-0.15, -0.1) is 11.6 Å². The van der Waals surface area contributed by atoms with Crippen molar-refractivity contribution in [3.8, 4) is 5.75 Å². The van der Waals surface area contributed by atoms with Gasteiger partial charge in [0.25, 0.3) is 5.91 Å². The fraction of sp³-hybridized carbons (Fsp3) is 0.462. The molecule has 0 aromatic heterocycles. The van der Waals surface area contributed by atoms with E-state index in [1.165, 1.54) is 6.07 Å². The number of rotatable bonds is 5. The molecule has 0 bridgehead atoms. The summed E-state index contributed by atoms with van der Waals surface area (Å²) in [5.41, 5.74) is 1.24. The highest BCUT2D eigenvalue weighted by Crippen LogP contribution is 2.17. The number of nitrogens with one attached hydrogen (secondary N) is 1. The van der Waals surface area contributed by atoms with Crippen molar-refractivity contribution in [2.75, 3.05) is 5.88 Å². The quantitative estimate of drug-likeness (QED) is 0.795. The van der Waals surface area contributed by atoms with Crippen molar-refractivity contribution in [3.05, 3.63) is 29.3 Å². The number of hydrogen-bond acceptors (Lipinski definition) is 2. The Morgan fingerprint density at radius 3 is 2.82 bits per heavy atom. The summed E-state index contributed by atoms with van der Waals surface area (Å²) < 4.78 is 0. The third kappa shape index (κ3) is 4.27. The van der Waals surface area contributed by atoms with Crippen molar-refractivity contribution in [2.24, 2.45) is 0 Å². The number of hydrogen-bond donors (Lipinski definition) is 2. The molecule has 17 heavy (non-hydrogen) atoms. The molecule has 94 valence electrons. The highest BCUT2D eigenvalue weighted by molar-refractivity contribution is 6.17. The molecule has 0 aliphatic carbocycles. The van der Waals surface area contributed by atoms with Crippen LogP contribution < -0.4 is 5.32 Å². The number of carbonyl (C=O) groups is 1. The Balaban J connectivity index is 2.60. The average molecular weight is 256 g/mol. The van der Waals surface area contributed by atoms with Gasteiger partial charge in [0.15, 0.2) is 0 Å². The Hall–Kier alpha value is -1.22. The van der Waals surface area contributed by atoms with Crippen LogP contribution in [-0.2, 0) is 0 Å². The molecule has 0 spiro atoms. The number of alkyl halides is 1. The van der Waals surface area contributed by atoms with Gasteiger partial charge < -0.3 is 10.4 Å². The molecule has 1 unspecified atom stereocenters. The normalized spacial score (nSPS) is 12.2. The summed E-state index contributed by atoms with van der Waals surface area (Å²) in [6, 6.07) is 5.01. The smallest absolute Gasteiger partial charge is 0.251 e. The number of benzene rings is 1. The Bertz CT molecular complexity index is 393. The van der Waals surface area contributed by atoms with Crippen molar-refractivity contribution in [1.82, 2.24) is 5.32 Å². The Kier molecular flexibility index (Phi) is 5.29. The van der Waals surface area contributed by atoms with E-state index < -0.39 is 0 Å². The summed E-state index contributed by atoms with van der Waals surface area (Å²) in [6.07, 6.45) is 1.73. The summed E-state index contributed by atoms with van der Waals surface area (Å²) in [5.74, 6) is 0.583. The molecule has 1 aromatic rings. The van der Waals surface area contributed by atoms with Crippen molar-refractivity contribution in [3.63, 3.8) is 0 Å².